The zero-order chi connectivity index (χ0) is 34.0. The van der Waals surface area contributed by atoms with Gasteiger partial charge in [0.1, 0.15) is 11.6 Å². The number of carbonyl (C=O) groups is 4. The van der Waals surface area contributed by atoms with Crippen LogP contribution in [0, 0.1) is 5.92 Å². The van der Waals surface area contributed by atoms with E-state index in [4.69, 9.17) is 4.74 Å². The van der Waals surface area contributed by atoms with Crippen molar-refractivity contribution < 1.29 is 34.1 Å². The van der Waals surface area contributed by atoms with Crippen LogP contribution in [-0.2, 0) is 9.53 Å². The van der Waals surface area contributed by atoms with Gasteiger partial charge in [-0.05, 0) is 108 Å². The number of ether oxygens (including phenoxy) is 1. The molecule has 0 saturated heterocycles. The normalized spacial score (nSPS) is 14.4. The molecule has 0 heterocycles. The fourth-order valence-electron chi connectivity index (χ4n) is 5.98. The minimum atomic E-state index is -0.669. The van der Waals surface area contributed by atoms with Crippen molar-refractivity contribution in [2.45, 2.75) is 98.1 Å². The molecule has 0 bridgehead atoms. The van der Waals surface area contributed by atoms with Crippen LogP contribution in [0.2, 0.25) is 0 Å². The quantitative estimate of drug-likeness (QED) is 0.165. The summed E-state index contributed by atoms with van der Waals surface area (Å²) in [5.74, 6) is -1.39. The van der Waals surface area contributed by atoms with Crippen LogP contribution < -0.4 is 10.6 Å². The summed E-state index contributed by atoms with van der Waals surface area (Å²) in [6, 6.07) is 5.29. The number of amides is 4. The van der Waals surface area contributed by atoms with Gasteiger partial charge in [0.05, 0.1) is 11.1 Å². The van der Waals surface area contributed by atoms with Crippen LogP contribution >= 0.6 is 0 Å². The summed E-state index contributed by atoms with van der Waals surface area (Å²) < 4.78 is 5.42. The van der Waals surface area contributed by atoms with E-state index in [1.165, 1.54) is 12.1 Å². The van der Waals surface area contributed by atoms with Crippen molar-refractivity contribution in [3.63, 3.8) is 0 Å². The van der Waals surface area contributed by atoms with Gasteiger partial charge in [0.25, 0.3) is 11.8 Å². The molecule has 1 aliphatic carbocycles. The summed E-state index contributed by atoms with van der Waals surface area (Å²) in [5, 5.41) is 26.9. The molecule has 4 amide bonds. The highest BCUT2D eigenvalue weighted by molar-refractivity contribution is 6.11. The Morgan fingerprint density at radius 2 is 1.35 bits per heavy atom. The van der Waals surface area contributed by atoms with Crippen LogP contribution in [0.15, 0.2) is 24.3 Å². The molecule has 1 fully saturated rings. The molecule has 11 heteroatoms. The van der Waals surface area contributed by atoms with E-state index in [0.717, 1.165) is 32.1 Å². The van der Waals surface area contributed by atoms with E-state index in [2.05, 4.69) is 10.6 Å². The molecule has 2 aromatic rings. The number of hydrogen-bond donors (Lipinski definition) is 4. The van der Waals surface area contributed by atoms with Gasteiger partial charge in [-0.15, -0.1) is 0 Å². The Balaban J connectivity index is 1.68. The highest BCUT2D eigenvalue weighted by Crippen LogP contribution is 2.33. The molecule has 254 valence electrons. The first-order chi connectivity index (χ1) is 21.8. The Morgan fingerprint density at radius 3 is 1.85 bits per heavy atom. The number of hydrogen-bond acceptors (Lipinski definition) is 7. The maximum absolute atomic E-state index is 13.9. The predicted octanol–water partition coefficient (Wildman–Crippen LogP) is 5.57. The Labute approximate surface area is 272 Å². The molecule has 3 rings (SSSR count). The number of nitrogens with one attached hydrogen (secondary N) is 2. The van der Waals surface area contributed by atoms with E-state index in [1.54, 1.807) is 42.7 Å². The standard InChI is InChI=1S/C35H52N4O7/c1-7-38(8-2)32(43)26-19-24-21-28(40)29(41)22-25(24)20-27(26)33(44)39(9-3)18-14-13-17-36-31(42)30(23-15-11-10-12-16-23)37-34(45)46-35(4,5)6/h19-23,30,40-41H,7-18H2,1-6H3,(H,36,42)(H,37,45). The van der Waals surface area contributed by atoms with Crippen LogP contribution in [-0.4, -0.2) is 88.2 Å². The van der Waals surface area contributed by atoms with E-state index in [0.29, 0.717) is 56.3 Å². The van der Waals surface area contributed by atoms with E-state index in [-0.39, 0.29) is 46.3 Å². The molecule has 1 aliphatic rings. The lowest BCUT2D eigenvalue weighted by Gasteiger charge is -2.31. The zero-order valence-corrected chi connectivity index (χ0v) is 28.3. The monoisotopic (exact) mass is 640 g/mol. The van der Waals surface area contributed by atoms with Crippen molar-refractivity contribution in [3.8, 4) is 11.5 Å². The average Bonchev–Trinajstić information content (AvgIpc) is 3.01. The third-order valence-corrected chi connectivity index (χ3v) is 8.48. The molecule has 0 spiro atoms. The maximum Gasteiger partial charge on any atom is 0.408 e. The van der Waals surface area contributed by atoms with Crippen LogP contribution in [0.3, 0.4) is 0 Å². The molecule has 1 atom stereocenters. The maximum atomic E-state index is 13.9. The minimum Gasteiger partial charge on any atom is -0.504 e. The predicted molar refractivity (Wildman–Crippen MR) is 178 cm³/mol. The van der Waals surface area contributed by atoms with Gasteiger partial charge in [-0.3, -0.25) is 14.4 Å². The molecule has 0 aromatic heterocycles. The van der Waals surface area contributed by atoms with E-state index in [9.17, 15) is 29.4 Å². The number of nitrogens with zero attached hydrogens (tertiary/aromatic N) is 2. The second-order valence-electron chi connectivity index (χ2n) is 13.0. The topological polar surface area (TPSA) is 149 Å². The third kappa shape index (κ3) is 9.74. The highest BCUT2D eigenvalue weighted by Gasteiger charge is 2.32. The van der Waals surface area contributed by atoms with Gasteiger partial charge in [0.2, 0.25) is 5.91 Å². The number of aromatic hydroxyl groups is 2. The number of rotatable bonds is 13. The number of benzene rings is 2. The fourth-order valence-corrected chi connectivity index (χ4v) is 5.98. The number of phenols is 2. The zero-order valence-electron chi connectivity index (χ0n) is 28.3. The fraction of sp³-hybridized carbons (Fsp3) is 0.600. The Bertz CT molecular complexity index is 1380. The Hall–Kier alpha value is -4.02. The van der Waals surface area contributed by atoms with Crippen LogP contribution in [0.1, 0.15) is 107 Å². The van der Waals surface area contributed by atoms with Crippen molar-refractivity contribution >= 4 is 34.6 Å². The summed E-state index contributed by atoms with van der Waals surface area (Å²) in [4.78, 5) is 56.4. The number of phenolic OH excluding ortho intramolecular Hbond substituents is 2. The van der Waals surface area contributed by atoms with Gasteiger partial charge in [-0.1, -0.05) is 19.3 Å². The highest BCUT2D eigenvalue weighted by atomic mass is 16.6. The molecule has 2 aromatic carbocycles. The largest absolute Gasteiger partial charge is 0.504 e. The second-order valence-corrected chi connectivity index (χ2v) is 13.0. The summed E-state index contributed by atoms with van der Waals surface area (Å²) in [6.45, 7) is 13.1. The molecular formula is C35H52N4O7. The van der Waals surface area contributed by atoms with E-state index >= 15 is 0 Å². The van der Waals surface area contributed by atoms with E-state index in [1.807, 2.05) is 20.8 Å². The number of fused-ring (bicyclic) bond motifs is 1. The number of alkyl carbamates (subject to hydrolysis) is 1. The second kappa shape index (κ2) is 16.5. The Kier molecular flexibility index (Phi) is 13.1. The van der Waals surface area contributed by atoms with E-state index < -0.39 is 17.7 Å². The van der Waals surface area contributed by atoms with Crippen LogP contribution in [0.5, 0.6) is 11.5 Å². The Morgan fingerprint density at radius 1 is 0.826 bits per heavy atom. The SMILES string of the molecule is CCN(CC)C(=O)c1cc2cc(O)c(O)cc2cc1C(=O)N(CC)CCCCNC(=O)C(NC(=O)OC(C)(C)C)C1CCCCC1. The summed E-state index contributed by atoms with van der Waals surface area (Å²) in [6.07, 6.45) is 5.52. The van der Waals surface area contributed by atoms with Crippen molar-refractivity contribution in [3.05, 3.63) is 35.4 Å². The summed E-state index contributed by atoms with van der Waals surface area (Å²) in [7, 11) is 0. The molecular weight excluding hydrogens is 588 g/mol. The van der Waals surface area contributed by atoms with Crippen molar-refractivity contribution in [1.82, 2.24) is 20.4 Å². The first-order valence-electron chi connectivity index (χ1n) is 16.6. The molecule has 46 heavy (non-hydrogen) atoms. The first kappa shape index (κ1) is 36.4. The molecule has 0 radical (unpaired) electrons. The molecule has 11 nitrogen and oxygen atoms in total. The van der Waals surface area contributed by atoms with Gasteiger partial charge in [0.15, 0.2) is 11.5 Å². The van der Waals surface area contributed by atoms with Gasteiger partial charge in [0, 0.05) is 32.7 Å². The van der Waals surface area contributed by atoms with Gasteiger partial charge >= 0.3 is 6.09 Å². The number of carbonyl (C=O) groups excluding carboxylic acids is 4. The minimum absolute atomic E-state index is 0.0514. The van der Waals surface area contributed by atoms with Gasteiger partial charge < -0.3 is 35.4 Å². The summed E-state index contributed by atoms with van der Waals surface area (Å²) >= 11 is 0. The van der Waals surface area contributed by atoms with Gasteiger partial charge in [-0.25, -0.2) is 4.79 Å². The first-order valence-corrected chi connectivity index (χ1v) is 16.6. The van der Waals surface area contributed by atoms with Crippen molar-refractivity contribution in [2.75, 3.05) is 32.7 Å². The van der Waals surface area contributed by atoms with Crippen molar-refractivity contribution in [2.24, 2.45) is 5.92 Å². The third-order valence-electron chi connectivity index (χ3n) is 8.48. The lowest BCUT2D eigenvalue weighted by Crippen LogP contribution is -2.52. The van der Waals surface area contributed by atoms with Crippen molar-refractivity contribution in [1.29, 1.82) is 0 Å². The van der Waals surface area contributed by atoms with Gasteiger partial charge in [-0.2, -0.15) is 0 Å². The van der Waals surface area contributed by atoms with Crippen LogP contribution in [0.4, 0.5) is 4.79 Å². The molecule has 1 unspecified atom stereocenters. The lowest BCUT2D eigenvalue weighted by molar-refractivity contribution is -0.124. The summed E-state index contributed by atoms with van der Waals surface area (Å²) in [5.41, 5.74) is -0.200. The average molecular weight is 641 g/mol. The molecule has 1 saturated carbocycles. The molecule has 4 N–H and O–H groups in total. The smallest absolute Gasteiger partial charge is 0.408 e. The van der Waals surface area contributed by atoms with Crippen LogP contribution in [0.25, 0.3) is 10.8 Å². The number of unbranched alkanes of at least 4 members (excludes halogenated alkanes) is 1. The molecule has 0 aliphatic heterocycles. The lowest BCUT2D eigenvalue weighted by atomic mass is 9.83.